The minimum absolute atomic E-state index is 0. The lowest BCUT2D eigenvalue weighted by atomic mass is 10.2. The molecule has 10 nitrogen and oxygen atoms in total. The van der Waals surface area contributed by atoms with Crippen LogP contribution in [0.15, 0.2) is 40.4 Å². The van der Waals surface area contributed by atoms with Crippen LogP contribution in [-0.2, 0) is 4.74 Å². The Bertz CT molecular complexity index is 1340. The predicted molar refractivity (Wildman–Crippen MR) is 141 cm³/mol. The first-order valence-electron chi connectivity index (χ1n) is 11.0. The summed E-state index contributed by atoms with van der Waals surface area (Å²) in [5.41, 5.74) is 0.953. The van der Waals surface area contributed by atoms with Crippen LogP contribution in [0.4, 0.5) is 15.7 Å². The molecule has 35 heavy (non-hydrogen) atoms. The zero-order valence-corrected chi connectivity index (χ0v) is 22.3. The summed E-state index contributed by atoms with van der Waals surface area (Å²) in [5, 5.41) is 17.3. The standard InChI is InChI=1S/C22H26N8O2S2.ClH/c1-22(2,3)32-21(31)24-19-23-15-6-5-14(13-16(15)34-19)33-20-26-25-17-7-8-18(27-30(17)20)29-11-9-28(4)10-12-29;/h5-8,13H,9-12H2,1-4H3,(H,23,24,31);1H. The Labute approximate surface area is 217 Å². The van der Waals surface area contributed by atoms with Gasteiger partial charge < -0.3 is 14.5 Å². The van der Waals surface area contributed by atoms with Crippen molar-refractivity contribution in [2.24, 2.45) is 0 Å². The van der Waals surface area contributed by atoms with Gasteiger partial charge in [0.2, 0.25) is 5.16 Å². The van der Waals surface area contributed by atoms with E-state index in [1.165, 1.54) is 23.1 Å². The van der Waals surface area contributed by atoms with Crippen molar-refractivity contribution in [1.82, 2.24) is 29.7 Å². The van der Waals surface area contributed by atoms with Crippen molar-refractivity contribution in [1.29, 1.82) is 0 Å². The Morgan fingerprint density at radius 3 is 2.63 bits per heavy atom. The zero-order valence-electron chi connectivity index (χ0n) is 19.9. The maximum absolute atomic E-state index is 12.1. The Balaban J connectivity index is 0.00000289. The number of benzene rings is 1. The van der Waals surface area contributed by atoms with E-state index in [0.717, 1.165) is 47.1 Å². The fourth-order valence-electron chi connectivity index (χ4n) is 3.55. The van der Waals surface area contributed by atoms with Gasteiger partial charge in [0.1, 0.15) is 11.4 Å². The molecule has 1 N–H and O–H groups in total. The van der Waals surface area contributed by atoms with Gasteiger partial charge in [-0.2, -0.15) is 4.52 Å². The molecule has 1 aliphatic heterocycles. The highest BCUT2D eigenvalue weighted by molar-refractivity contribution is 7.99. The minimum Gasteiger partial charge on any atom is -0.444 e. The average molecular weight is 535 g/mol. The van der Waals surface area contributed by atoms with E-state index in [-0.39, 0.29) is 12.4 Å². The van der Waals surface area contributed by atoms with Crippen molar-refractivity contribution in [3.05, 3.63) is 30.3 Å². The van der Waals surface area contributed by atoms with Crippen molar-refractivity contribution >= 4 is 68.4 Å². The molecule has 1 fully saturated rings. The van der Waals surface area contributed by atoms with Crippen LogP contribution in [0.1, 0.15) is 20.8 Å². The zero-order chi connectivity index (χ0) is 23.9. The number of piperazine rings is 1. The molecular weight excluding hydrogens is 508 g/mol. The van der Waals surface area contributed by atoms with E-state index >= 15 is 0 Å². The number of carbonyl (C=O) groups excluding carboxylic acids is 1. The summed E-state index contributed by atoms with van der Waals surface area (Å²) in [6.45, 7) is 9.40. The summed E-state index contributed by atoms with van der Waals surface area (Å²) in [4.78, 5) is 22.1. The number of anilines is 2. The molecule has 186 valence electrons. The molecule has 0 radical (unpaired) electrons. The van der Waals surface area contributed by atoms with Crippen LogP contribution in [0.3, 0.4) is 0 Å². The number of nitrogens with one attached hydrogen (secondary N) is 1. The summed E-state index contributed by atoms with van der Waals surface area (Å²) in [7, 11) is 2.14. The van der Waals surface area contributed by atoms with Gasteiger partial charge >= 0.3 is 6.09 Å². The number of thiazole rings is 1. The summed E-state index contributed by atoms with van der Waals surface area (Å²) >= 11 is 2.89. The fraction of sp³-hybridized carbons (Fsp3) is 0.409. The van der Waals surface area contributed by atoms with Crippen molar-refractivity contribution < 1.29 is 9.53 Å². The number of aromatic nitrogens is 5. The summed E-state index contributed by atoms with van der Waals surface area (Å²) < 4.78 is 8.06. The molecule has 0 unspecified atom stereocenters. The first kappa shape index (κ1) is 25.4. The normalized spacial score (nSPS) is 14.8. The minimum atomic E-state index is -0.566. The van der Waals surface area contributed by atoms with E-state index in [1.807, 2.05) is 51.1 Å². The highest BCUT2D eigenvalue weighted by atomic mass is 35.5. The van der Waals surface area contributed by atoms with Gasteiger partial charge in [0.25, 0.3) is 0 Å². The van der Waals surface area contributed by atoms with Crippen LogP contribution in [0.2, 0.25) is 0 Å². The number of hydrogen-bond donors (Lipinski definition) is 1. The largest absolute Gasteiger partial charge is 0.444 e. The molecule has 0 bridgehead atoms. The monoisotopic (exact) mass is 534 g/mol. The number of hydrogen-bond acceptors (Lipinski definition) is 10. The number of ether oxygens (including phenoxy) is 1. The third-order valence-electron chi connectivity index (χ3n) is 5.22. The van der Waals surface area contributed by atoms with E-state index in [0.29, 0.717) is 15.9 Å². The Morgan fingerprint density at radius 2 is 1.89 bits per heavy atom. The molecule has 0 spiro atoms. The first-order chi connectivity index (χ1) is 16.2. The number of likely N-dealkylation sites (N-methyl/N-ethyl adjacent to an activating group) is 1. The van der Waals surface area contributed by atoms with Gasteiger partial charge in [0, 0.05) is 31.1 Å². The third kappa shape index (κ3) is 5.95. The molecule has 5 rings (SSSR count). The number of halogens is 1. The molecule has 1 aromatic carbocycles. The topological polar surface area (TPSA) is 101 Å². The van der Waals surface area contributed by atoms with E-state index in [4.69, 9.17) is 9.84 Å². The van der Waals surface area contributed by atoms with Gasteiger partial charge in [0.15, 0.2) is 10.8 Å². The second-order valence-electron chi connectivity index (χ2n) is 9.11. The van der Waals surface area contributed by atoms with Crippen LogP contribution in [0.25, 0.3) is 15.9 Å². The van der Waals surface area contributed by atoms with Gasteiger partial charge in [-0.1, -0.05) is 11.3 Å². The Hall–Kier alpha value is -2.67. The lowest BCUT2D eigenvalue weighted by Gasteiger charge is -2.33. The van der Waals surface area contributed by atoms with Gasteiger partial charge in [-0.25, -0.2) is 9.78 Å². The van der Waals surface area contributed by atoms with E-state index in [1.54, 1.807) is 4.52 Å². The van der Waals surface area contributed by atoms with E-state index in [9.17, 15) is 4.79 Å². The van der Waals surface area contributed by atoms with Crippen molar-refractivity contribution in [3.63, 3.8) is 0 Å². The second kappa shape index (κ2) is 10.1. The molecule has 13 heteroatoms. The summed E-state index contributed by atoms with van der Waals surface area (Å²) in [5.74, 6) is 0.929. The van der Waals surface area contributed by atoms with Crippen LogP contribution in [0.5, 0.6) is 0 Å². The smallest absolute Gasteiger partial charge is 0.413 e. The molecular formula is C22H27ClN8O2S2. The second-order valence-corrected chi connectivity index (χ2v) is 11.2. The summed E-state index contributed by atoms with van der Waals surface area (Å²) in [6, 6.07) is 9.91. The Kier molecular flexibility index (Phi) is 7.36. The van der Waals surface area contributed by atoms with Crippen LogP contribution in [0, 0.1) is 0 Å². The predicted octanol–water partition coefficient (Wildman–Crippen LogP) is 4.41. The molecule has 0 saturated carbocycles. The Morgan fingerprint density at radius 1 is 1.11 bits per heavy atom. The number of fused-ring (bicyclic) bond motifs is 2. The number of nitrogens with zero attached hydrogens (tertiary/aromatic N) is 7. The number of rotatable bonds is 4. The van der Waals surface area contributed by atoms with Crippen molar-refractivity contribution in [3.8, 4) is 0 Å². The molecule has 3 aromatic heterocycles. The van der Waals surface area contributed by atoms with Crippen LogP contribution < -0.4 is 10.2 Å². The average Bonchev–Trinajstić information content (AvgIpc) is 3.35. The lowest BCUT2D eigenvalue weighted by Crippen LogP contribution is -2.44. The van der Waals surface area contributed by atoms with Crippen LogP contribution in [-0.4, -0.2) is 74.6 Å². The maximum atomic E-state index is 12.1. The fourth-order valence-corrected chi connectivity index (χ4v) is 5.34. The number of amides is 1. The summed E-state index contributed by atoms with van der Waals surface area (Å²) in [6.07, 6.45) is -0.515. The SMILES string of the molecule is CN1CCN(c2ccc3nnc(Sc4ccc5nc(NC(=O)OC(C)(C)C)sc5c4)n3n2)CC1.Cl. The van der Waals surface area contributed by atoms with Gasteiger partial charge in [0.05, 0.1) is 10.2 Å². The third-order valence-corrected chi connectivity index (χ3v) is 7.08. The molecule has 1 amide bonds. The number of carbonyl (C=O) groups is 1. The quantitative estimate of drug-likeness (QED) is 0.408. The van der Waals surface area contributed by atoms with Crippen molar-refractivity contribution in [2.45, 2.75) is 36.4 Å². The van der Waals surface area contributed by atoms with E-state index in [2.05, 4.69) is 37.3 Å². The molecule has 0 atom stereocenters. The van der Waals surface area contributed by atoms with Gasteiger partial charge in [-0.15, -0.1) is 27.7 Å². The first-order valence-corrected chi connectivity index (χ1v) is 12.6. The van der Waals surface area contributed by atoms with Gasteiger partial charge in [-0.3, -0.25) is 5.32 Å². The molecule has 0 aliphatic carbocycles. The highest BCUT2D eigenvalue weighted by Crippen LogP contribution is 2.33. The molecule has 4 aromatic rings. The van der Waals surface area contributed by atoms with Crippen LogP contribution >= 0.6 is 35.5 Å². The maximum Gasteiger partial charge on any atom is 0.413 e. The molecule has 1 saturated heterocycles. The van der Waals surface area contributed by atoms with Gasteiger partial charge in [-0.05, 0) is 69.9 Å². The highest BCUT2D eigenvalue weighted by Gasteiger charge is 2.19. The molecule has 4 heterocycles. The lowest BCUT2D eigenvalue weighted by molar-refractivity contribution is 0.0636. The molecule has 1 aliphatic rings. The van der Waals surface area contributed by atoms with Crippen molar-refractivity contribution in [2.75, 3.05) is 43.4 Å². The van der Waals surface area contributed by atoms with E-state index < -0.39 is 11.7 Å².